The molecule has 0 aromatic heterocycles. The van der Waals surface area contributed by atoms with Gasteiger partial charge in [0.1, 0.15) is 5.82 Å². The number of halogens is 1. The zero-order valence-electron chi connectivity index (χ0n) is 13.9. The molecule has 0 spiro atoms. The van der Waals surface area contributed by atoms with Crippen molar-refractivity contribution in [3.8, 4) is 0 Å². The molecule has 4 heteroatoms. The first-order valence-corrected chi connectivity index (χ1v) is 8.18. The first-order chi connectivity index (χ1) is 10.5. The summed E-state index contributed by atoms with van der Waals surface area (Å²) in [7, 11) is 2.16. The molecule has 0 saturated carbocycles. The van der Waals surface area contributed by atoms with Gasteiger partial charge in [-0.15, -0.1) is 0 Å². The summed E-state index contributed by atoms with van der Waals surface area (Å²) in [5.74, 6) is 0.616. The van der Waals surface area contributed by atoms with Gasteiger partial charge >= 0.3 is 0 Å². The summed E-state index contributed by atoms with van der Waals surface area (Å²) >= 11 is 0. The van der Waals surface area contributed by atoms with Crippen molar-refractivity contribution in [2.45, 2.75) is 45.7 Å². The highest BCUT2D eigenvalue weighted by molar-refractivity contribution is 5.76. The second-order valence-electron chi connectivity index (χ2n) is 6.76. The normalized spacial score (nSPS) is 19.8. The minimum atomic E-state index is -0.235. The number of nitrogens with zero attached hydrogens (tertiary/aromatic N) is 2. The van der Waals surface area contributed by atoms with E-state index in [0.29, 0.717) is 24.9 Å². The molecule has 122 valence electrons. The van der Waals surface area contributed by atoms with Gasteiger partial charge < -0.3 is 9.80 Å². The first-order valence-electron chi connectivity index (χ1n) is 8.18. The SMILES string of the molecule is CC(C)CN(C)C1CCC(=O)N(Cc2ccc(F)cc2)CC1. The largest absolute Gasteiger partial charge is 0.338 e. The highest BCUT2D eigenvalue weighted by Crippen LogP contribution is 2.19. The van der Waals surface area contributed by atoms with Gasteiger partial charge in [-0.3, -0.25) is 4.79 Å². The minimum Gasteiger partial charge on any atom is -0.338 e. The van der Waals surface area contributed by atoms with Crippen molar-refractivity contribution in [1.82, 2.24) is 9.80 Å². The van der Waals surface area contributed by atoms with Crippen LogP contribution in [0.15, 0.2) is 24.3 Å². The smallest absolute Gasteiger partial charge is 0.222 e. The van der Waals surface area contributed by atoms with Crippen molar-refractivity contribution in [2.75, 3.05) is 20.1 Å². The standard InChI is InChI=1S/C18H27FN2O/c1-14(2)12-20(3)17-8-9-18(22)21(11-10-17)13-15-4-6-16(19)7-5-15/h4-7,14,17H,8-13H2,1-3H3. The van der Waals surface area contributed by atoms with Gasteiger partial charge in [0.15, 0.2) is 0 Å². The summed E-state index contributed by atoms with van der Waals surface area (Å²) in [6, 6.07) is 6.91. The third-order valence-electron chi connectivity index (χ3n) is 4.34. The number of amides is 1. The van der Waals surface area contributed by atoms with Crippen LogP contribution in [0.1, 0.15) is 38.7 Å². The Hall–Kier alpha value is -1.42. The zero-order chi connectivity index (χ0) is 16.1. The summed E-state index contributed by atoms with van der Waals surface area (Å²) in [5, 5.41) is 0. The zero-order valence-corrected chi connectivity index (χ0v) is 13.9. The van der Waals surface area contributed by atoms with Crippen LogP contribution >= 0.6 is 0 Å². The van der Waals surface area contributed by atoms with Crippen LogP contribution < -0.4 is 0 Å². The molecule has 1 atom stereocenters. The maximum atomic E-state index is 13.0. The molecule has 3 nitrogen and oxygen atoms in total. The van der Waals surface area contributed by atoms with Gasteiger partial charge in [0.2, 0.25) is 5.91 Å². The van der Waals surface area contributed by atoms with Crippen LogP contribution in [0.2, 0.25) is 0 Å². The maximum Gasteiger partial charge on any atom is 0.222 e. The quantitative estimate of drug-likeness (QED) is 0.833. The van der Waals surface area contributed by atoms with Crippen LogP contribution in [0.25, 0.3) is 0 Å². The first kappa shape index (κ1) is 16.9. The lowest BCUT2D eigenvalue weighted by Crippen LogP contribution is -2.35. The molecule has 1 aliphatic rings. The van der Waals surface area contributed by atoms with E-state index in [1.165, 1.54) is 12.1 Å². The molecule has 0 N–H and O–H groups in total. The average Bonchev–Trinajstić information content (AvgIpc) is 2.64. The molecule has 0 bridgehead atoms. The Morgan fingerprint density at radius 1 is 1.27 bits per heavy atom. The van der Waals surface area contributed by atoms with E-state index in [0.717, 1.165) is 31.5 Å². The Morgan fingerprint density at radius 3 is 2.59 bits per heavy atom. The second kappa shape index (κ2) is 7.73. The molecule has 1 amide bonds. The van der Waals surface area contributed by atoms with E-state index < -0.39 is 0 Å². The molecule has 22 heavy (non-hydrogen) atoms. The molecule has 0 aliphatic carbocycles. The van der Waals surface area contributed by atoms with Crippen LogP contribution in [0, 0.1) is 11.7 Å². The van der Waals surface area contributed by atoms with E-state index in [-0.39, 0.29) is 11.7 Å². The Labute approximate surface area is 133 Å². The van der Waals surface area contributed by atoms with Crippen LogP contribution in [-0.2, 0) is 11.3 Å². The number of rotatable bonds is 5. The predicted molar refractivity (Wildman–Crippen MR) is 86.9 cm³/mol. The van der Waals surface area contributed by atoms with Gasteiger partial charge in [0.25, 0.3) is 0 Å². The lowest BCUT2D eigenvalue weighted by molar-refractivity contribution is -0.131. The molecule has 1 aromatic rings. The van der Waals surface area contributed by atoms with Crippen molar-refractivity contribution in [1.29, 1.82) is 0 Å². The number of hydrogen-bond acceptors (Lipinski definition) is 2. The Balaban J connectivity index is 1.94. The fourth-order valence-corrected chi connectivity index (χ4v) is 3.17. The van der Waals surface area contributed by atoms with Crippen molar-refractivity contribution in [2.24, 2.45) is 5.92 Å². The van der Waals surface area contributed by atoms with Crippen molar-refractivity contribution >= 4 is 5.91 Å². The maximum absolute atomic E-state index is 13.0. The van der Waals surface area contributed by atoms with Crippen LogP contribution in [0.4, 0.5) is 4.39 Å². The number of carbonyl (C=O) groups excluding carboxylic acids is 1. The van der Waals surface area contributed by atoms with E-state index in [4.69, 9.17) is 0 Å². The summed E-state index contributed by atoms with van der Waals surface area (Å²) in [6.07, 6.45) is 2.55. The molecule has 1 fully saturated rings. The number of carbonyl (C=O) groups is 1. The average molecular weight is 306 g/mol. The second-order valence-corrected chi connectivity index (χ2v) is 6.76. The highest BCUT2D eigenvalue weighted by Gasteiger charge is 2.25. The minimum absolute atomic E-state index is 0.213. The molecular weight excluding hydrogens is 279 g/mol. The molecule has 1 aromatic carbocycles. The molecule has 0 radical (unpaired) electrons. The van der Waals surface area contributed by atoms with E-state index in [1.54, 1.807) is 12.1 Å². The lowest BCUT2D eigenvalue weighted by Gasteiger charge is -2.28. The van der Waals surface area contributed by atoms with E-state index in [9.17, 15) is 9.18 Å². The third kappa shape index (κ3) is 4.80. The number of hydrogen-bond donors (Lipinski definition) is 0. The Kier molecular flexibility index (Phi) is 5.95. The lowest BCUT2D eigenvalue weighted by atomic mass is 10.1. The van der Waals surface area contributed by atoms with Gasteiger partial charge in [0.05, 0.1) is 0 Å². The van der Waals surface area contributed by atoms with Crippen molar-refractivity contribution < 1.29 is 9.18 Å². The van der Waals surface area contributed by atoms with Crippen LogP contribution in [0.5, 0.6) is 0 Å². The number of benzene rings is 1. The van der Waals surface area contributed by atoms with Crippen LogP contribution in [-0.4, -0.2) is 41.9 Å². The van der Waals surface area contributed by atoms with E-state index in [1.807, 2.05) is 4.90 Å². The molecule has 1 unspecified atom stereocenters. The predicted octanol–water partition coefficient (Wildman–Crippen LogP) is 3.29. The van der Waals surface area contributed by atoms with Gasteiger partial charge in [-0.2, -0.15) is 0 Å². The monoisotopic (exact) mass is 306 g/mol. The van der Waals surface area contributed by atoms with E-state index >= 15 is 0 Å². The molecule has 1 heterocycles. The van der Waals surface area contributed by atoms with Gasteiger partial charge in [-0.25, -0.2) is 4.39 Å². The topological polar surface area (TPSA) is 23.6 Å². The molecule has 2 rings (SSSR count). The van der Waals surface area contributed by atoms with Gasteiger partial charge in [0, 0.05) is 32.1 Å². The fraction of sp³-hybridized carbons (Fsp3) is 0.611. The number of likely N-dealkylation sites (tertiary alicyclic amines) is 1. The highest BCUT2D eigenvalue weighted by atomic mass is 19.1. The summed E-state index contributed by atoms with van der Waals surface area (Å²) in [6.45, 7) is 6.87. The third-order valence-corrected chi connectivity index (χ3v) is 4.34. The van der Waals surface area contributed by atoms with Crippen molar-refractivity contribution in [3.05, 3.63) is 35.6 Å². The summed E-state index contributed by atoms with van der Waals surface area (Å²) in [4.78, 5) is 16.6. The summed E-state index contributed by atoms with van der Waals surface area (Å²) in [5.41, 5.74) is 0.990. The van der Waals surface area contributed by atoms with Gasteiger partial charge in [-0.05, 0) is 43.5 Å². The summed E-state index contributed by atoms with van der Waals surface area (Å²) < 4.78 is 13.0. The Morgan fingerprint density at radius 2 is 1.95 bits per heavy atom. The molecule has 1 saturated heterocycles. The molecular formula is C18H27FN2O. The van der Waals surface area contributed by atoms with Gasteiger partial charge in [-0.1, -0.05) is 26.0 Å². The Bertz CT molecular complexity index is 486. The molecule has 1 aliphatic heterocycles. The van der Waals surface area contributed by atoms with Crippen LogP contribution in [0.3, 0.4) is 0 Å². The fourth-order valence-electron chi connectivity index (χ4n) is 3.17. The van der Waals surface area contributed by atoms with E-state index in [2.05, 4.69) is 25.8 Å². The van der Waals surface area contributed by atoms with Crippen molar-refractivity contribution in [3.63, 3.8) is 0 Å².